The predicted molar refractivity (Wildman–Crippen MR) is 93.3 cm³/mol. The summed E-state index contributed by atoms with van der Waals surface area (Å²) < 4.78 is 0. The van der Waals surface area contributed by atoms with Crippen molar-refractivity contribution in [2.24, 2.45) is 0 Å². The third kappa shape index (κ3) is 4.79. The quantitative estimate of drug-likeness (QED) is 0.714. The molecule has 1 saturated carbocycles. The monoisotopic (exact) mass is 308 g/mol. The molecular formula is C18H32N2S. The van der Waals surface area contributed by atoms with Crippen molar-refractivity contribution in [3.8, 4) is 0 Å². The van der Waals surface area contributed by atoms with Gasteiger partial charge in [0.25, 0.3) is 0 Å². The van der Waals surface area contributed by atoms with Crippen LogP contribution in [0.1, 0.15) is 94.1 Å². The molecule has 0 unspecified atom stereocenters. The summed E-state index contributed by atoms with van der Waals surface area (Å²) >= 11 is 1.98. The van der Waals surface area contributed by atoms with E-state index in [1.807, 2.05) is 11.3 Å². The first kappa shape index (κ1) is 17.0. The molecule has 0 aromatic carbocycles. The zero-order valence-corrected chi connectivity index (χ0v) is 15.1. The Morgan fingerprint density at radius 2 is 1.90 bits per heavy atom. The first-order valence-corrected chi connectivity index (χ1v) is 9.54. The highest BCUT2D eigenvalue weighted by Gasteiger charge is 2.26. The van der Waals surface area contributed by atoms with E-state index < -0.39 is 0 Å². The maximum absolute atomic E-state index is 5.08. The fourth-order valence-electron chi connectivity index (χ4n) is 3.10. The minimum atomic E-state index is 0.158. The maximum Gasteiger partial charge on any atom is 0.0962 e. The smallest absolute Gasteiger partial charge is 0.0962 e. The zero-order chi connectivity index (χ0) is 15.3. The second-order valence-corrected chi connectivity index (χ2v) is 8.55. The van der Waals surface area contributed by atoms with Crippen LogP contribution in [0.2, 0.25) is 0 Å². The van der Waals surface area contributed by atoms with Gasteiger partial charge in [0.1, 0.15) is 0 Å². The summed E-state index contributed by atoms with van der Waals surface area (Å²) in [6, 6.07) is 0. The van der Waals surface area contributed by atoms with Crippen LogP contribution in [-0.2, 0) is 12.0 Å². The molecule has 3 heteroatoms. The average Bonchev–Trinajstić information content (AvgIpc) is 2.89. The highest BCUT2D eigenvalue weighted by Crippen LogP contribution is 2.38. The van der Waals surface area contributed by atoms with Gasteiger partial charge in [0.2, 0.25) is 0 Å². The summed E-state index contributed by atoms with van der Waals surface area (Å²) in [5, 5.41) is 5.01. The normalized spacial score (nSPS) is 17.3. The lowest BCUT2D eigenvalue weighted by Gasteiger charge is -2.20. The molecule has 0 bridgehead atoms. The highest BCUT2D eigenvalue weighted by atomic mass is 32.1. The molecule has 0 radical (unpaired) electrons. The van der Waals surface area contributed by atoms with Gasteiger partial charge in [0.05, 0.1) is 10.7 Å². The van der Waals surface area contributed by atoms with Crippen molar-refractivity contribution in [2.45, 2.75) is 90.5 Å². The Bertz CT molecular complexity index is 425. The van der Waals surface area contributed by atoms with Crippen LogP contribution in [0.15, 0.2) is 0 Å². The van der Waals surface area contributed by atoms with Gasteiger partial charge in [-0.15, -0.1) is 11.3 Å². The number of hydrogen-bond acceptors (Lipinski definition) is 3. The van der Waals surface area contributed by atoms with Gasteiger partial charge in [-0.05, 0) is 25.8 Å². The lowest BCUT2D eigenvalue weighted by Crippen LogP contribution is -2.19. The van der Waals surface area contributed by atoms with Crippen LogP contribution in [0.3, 0.4) is 0 Å². The van der Waals surface area contributed by atoms with Crippen LogP contribution in [0.25, 0.3) is 0 Å². The summed E-state index contributed by atoms with van der Waals surface area (Å²) in [5.74, 6) is 0.731. The Labute approximate surface area is 134 Å². The third-order valence-electron chi connectivity index (χ3n) is 4.37. The minimum Gasteiger partial charge on any atom is -0.312 e. The summed E-state index contributed by atoms with van der Waals surface area (Å²) in [5.41, 5.74) is 1.49. The topological polar surface area (TPSA) is 24.9 Å². The average molecular weight is 309 g/mol. The second-order valence-electron chi connectivity index (χ2n) is 7.44. The van der Waals surface area contributed by atoms with E-state index in [0.29, 0.717) is 0 Å². The number of hydrogen-bond donors (Lipinski definition) is 1. The Hall–Kier alpha value is -0.410. The van der Waals surface area contributed by atoms with Crippen molar-refractivity contribution in [2.75, 3.05) is 6.54 Å². The molecule has 2 rings (SSSR count). The van der Waals surface area contributed by atoms with Gasteiger partial charge >= 0.3 is 0 Å². The third-order valence-corrected chi connectivity index (χ3v) is 5.59. The van der Waals surface area contributed by atoms with Crippen LogP contribution in [0.4, 0.5) is 0 Å². The Morgan fingerprint density at radius 3 is 2.52 bits per heavy atom. The number of aromatic nitrogens is 1. The SMILES string of the molecule is CCCCNCc1sc(C2CCCCC2)nc1C(C)(C)C. The molecule has 1 N–H and O–H groups in total. The van der Waals surface area contributed by atoms with Crippen molar-refractivity contribution in [3.63, 3.8) is 0 Å². The van der Waals surface area contributed by atoms with Gasteiger partial charge in [-0.2, -0.15) is 0 Å². The first-order chi connectivity index (χ1) is 10.0. The van der Waals surface area contributed by atoms with Gasteiger partial charge in [0, 0.05) is 22.8 Å². The number of nitrogens with zero attached hydrogens (tertiary/aromatic N) is 1. The van der Waals surface area contributed by atoms with Gasteiger partial charge in [-0.3, -0.25) is 0 Å². The molecule has 1 fully saturated rings. The molecule has 1 aliphatic carbocycles. The predicted octanol–water partition coefficient (Wildman–Crippen LogP) is 5.38. The van der Waals surface area contributed by atoms with Crippen LogP contribution in [-0.4, -0.2) is 11.5 Å². The van der Waals surface area contributed by atoms with Gasteiger partial charge < -0.3 is 5.32 Å². The van der Waals surface area contributed by atoms with E-state index >= 15 is 0 Å². The fourth-order valence-corrected chi connectivity index (χ4v) is 4.52. The number of thiazole rings is 1. The fraction of sp³-hybridized carbons (Fsp3) is 0.833. The Balaban J connectivity index is 2.10. The van der Waals surface area contributed by atoms with Crippen molar-refractivity contribution in [1.29, 1.82) is 0 Å². The van der Waals surface area contributed by atoms with E-state index in [2.05, 4.69) is 33.0 Å². The summed E-state index contributed by atoms with van der Waals surface area (Å²) in [4.78, 5) is 6.55. The first-order valence-electron chi connectivity index (χ1n) is 8.73. The zero-order valence-electron chi connectivity index (χ0n) is 14.3. The van der Waals surface area contributed by atoms with Crippen molar-refractivity contribution in [1.82, 2.24) is 10.3 Å². The molecule has 0 atom stereocenters. The van der Waals surface area contributed by atoms with E-state index in [-0.39, 0.29) is 5.41 Å². The van der Waals surface area contributed by atoms with Crippen molar-refractivity contribution >= 4 is 11.3 Å². The standard InChI is InChI=1S/C18H32N2S/c1-5-6-12-19-13-15-16(18(2,3)4)20-17(21-15)14-10-8-7-9-11-14/h14,19H,5-13H2,1-4H3. The molecule has 0 aliphatic heterocycles. The van der Waals surface area contributed by atoms with Gasteiger partial charge in [0.15, 0.2) is 0 Å². The molecule has 0 amide bonds. The molecular weight excluding hydrogens is 276 g/mol. The number of nitrogens with one attached hydrogen (secondary N) is 1. The summed E-state index contributed by atoms with van der Waals surface area (Å²) in [6.45, 7) is 11.2. The summed E-state index contributed by atoms with van der Waals surface area (Å²) in [7, 11) is 0. The Morgan fingerprint density at radius 1 is 1.19 bits per heavy atom. The van der Waals surface area contributed by atoms with Crippen molar-refractivity contribution < 1.29 is 0 Å². The molecule has 1 aromatic heterocycles. The highest BCUT2D eigenvalue weighted by molar-refractivity contribution is 7.11. The molecule has 21 heavy (non-hydrogen) atoms. The molecule has 2 nitrogen and oxygen atoms in total. The second kappa shape index (κ2) is 7.73. The lowest BCUT2D eigenvalue weighted by molar-refractivity contribution is 0.440. The van der Waals surface area contributed by atoms with E-state index in [4.69, 9.17) is 4.98 Å². The Kier molecular flexibility index (Phi) is 6.24. The largest absolute Gasteiger partial charge is 0.312 e. The van der Waals surface area contributed by atoms with Crippen LogP contribution in [0, 0.1) is 0 Å². The molecule has 0 saturated heterocycles. The maximum atomic E-state index is 5.08. The van der Waals surface area contributed by atoms with E-state index in [1.165, 1.54) is 60.5 Å². The van der Waals surface area contributed by atoms with Crippen LogP contribution >= 0.6 is 11.3 Å². The molecule has 1 aliphatic rings. The van der Waals surface area contributed by atoms with E-state index in [1.54, 1.807) is 0 Å². The van der Waals surface area contributed by atoms with Crippen LogP contribution < -0.4 is 5.32 Å². The van der Waals surface area contributed by atoms with Crippen LogP contribution in [0.5, 0.6) is 0 Å². The molecule has 0 spiro atoms. The number of rotatable bonds is 6. The van der Waals surface area contributed by atoms with E-state index in [0.717, 1.165) is 19.0 Å². The van der Waals surface area contributed by atoms with E-state index in [9.17, 15) is 0 Å². The molecule has 1 heterocycles. The molecule has 120 valence electrons. The lowest BCUT2D eigenvalue weighted by atomic mass is 9.89. The molecule has 1 aromatic rings. The number of unbranched alkanes of at least 4 members (excludes halogenated alkanes) is 1. The summed E-state index contributed by atoms with van der Waals surface area (Å²) in [6.07, 6.45) is 9.41. The van der Waals surface area contributed by atoms with Gasteiger partial charge in [-0.1, -0.05) is 53.4 Å². The van der Waals surface area contributed by atoms with Crippen molar-refractivity contribution in [3.05, 3.63) is 15.6 Å². The van der Waals surface area contributed by atoms with Gasteiger partial charge in [-0.25, -0.2) is 4.98 Å². The minimum absolute atomic E-state index is 0.158.